The summed E-state index contributed by atoms with van der Waals surface area (Å²) in [4.78, 5) is 26.2. The van der Waals surface area contributed by atoms with Gasteiger partial charge in [-0.25, -0.2) is 0 Å². The zero-order valence-corrected chi connectivity index (χ0v) is 13.9. The molecule has 0 radical (unpaired) electrons. The van der Waals surface area contributed by atoms with Crippen molar-refractivity contribution in [3.8, 4) is 0 Å². The Kier molecular flexibility index (Phi) is 6.16. The van der Waals surface area contributed by atoms with Gasteiger partial charge in [0.25, 0.3) is 0 Å². The van der Waals surface area contributed by atoms with Crippen molar-refractivity contribution in [2.24, 2.45) is 11.8 Å². The minimum atomic E-state index is -0.329. The molecule has 0 aromatic heterocycles. The fourth-order valence-corrected chi connectivity index (χ4v) is 2.86. The summed E-state index contributed by atoms with van der Waals surface area (Å²) in [6, 6.07) is 9.54. The molecule has 5 heteroatoms. The van der Waals surface area contributed by atoms with Gasteiger partial charge in [0.15, 0.2) is 0 Å². The van der Waals surface area contributed by atoms with Crippen LogP contribution in [0.5, 0.6) is 0 Å². The molecule has 23 heavy (non-hydrogen) atoms. The summed E-state index contributed by atoms with van der Waals surface area (Å²) in [5.74, 6) is -0.239. The monoisotopic (exact) mass is 318 g/mol. The number of nitrogens with one attached hydrogen (secondary N) is 1. The highest BCUT2D eigenvalue weighted by Crippen LogP contribution is 2.21. The van der Waals surface area contributed by atoms with E-state index < -0.39 is 0 Å². The van der Waals surface area contributed by atoms with Crippen molar-refractivity contribution < 1.29 is 14.7 Å². The molecule has 0 spiro atoms. The third kappa shape index (κ3) is 4.55. The Morgan fingerprint density at radius 3 is 2.70 bits per heavy atom. The van der Waals surface area contributed by atoms with Crippen LogP contribution in [-0.2, 0) is 16.1 Å². The van der Waals surface area contributed by atoms with Gasteiger partial charge in [0.1, 0.15) is 0 Å². The Bertz CT molecular complexity index is 532. The highest BCUT2D eigenvalue weighted by atomic mass is 16.3. The van der Waals surface area contributed by atoms with Gasteiger partial charge in [-0.2, -0.15) is 0 Å². The molecule has 0 bridgehead atoms. The second kappa shape index (κ2) is 8.11. The van der Waals surface area contributed by atoms with Crippen molar-refractivity contribution in [3.05, 3.63) is 35.9 Å². The van der Waals surface area contributed by atoms with Crippen LogP contribution >= 0.6 is 0 Å². The number of nitrogens with zero attached hydrogens (tertiary/aromatic N) is 1. The molecule has 1 aromatic carbocycles. The summed E-state index contributed by atoms with van der Waals surface area (Å²) in [5.41, 5.74) is 1.06. The van der Waals surface area contributed by atoms with Crippen LogP contribution < -0.4 is 5.32 Å². The molecule has 2 N–H and O–H groups in total. The predicted octanol–water partition coefficient (Wildman–Crippen LogP) is 1.56. The molecule has 126 valence electrons. The van der Waals surface area contributed by atoms with Gasteiger partial charge in [0.05, 0.1) is 18.6 Å². The van der Waals surface area contributed by atoms with Crippen molar-refractivity contribution in [2.45, 2.75) is 39.3 Å². The molecule has 0 aliphatic carbocycles. The van der Waals surface area contributed by atoms with Gasteiger partial charge < -0.3 is 15.3 Å². The van der Waals surface area contributed by atoms with Crippen molar-refractivity contribution in [1.29, 1.82) is 0 Å². The number of rotatable bonds is 7. The summed E-state index contributed by atoms with van der Waals surface area (Å²) >= 11 is 0. The number of carbonyl (C=O) groups excluding carboxylic acids is 2. The summed E-state index contributed by atoms with van der Waals surface area (Å²) < 4.78 is 0. The molecule has 2 rings (SSSR count). The molecule has 1 fully saturated rings. The highest BCUT2D eigenvalue weighted by molar-refractivity contribution is 5.89. The maximum absolute atomic E-state index is 12.4. The van der Waals surface area contributed by atoms with Crippen LogP contribution in [0.3, 0.4) is 0 Å². The van der Waals surface area contributed by atoms with Crippen molar-refractivity contribution >= 4 is 11.8 Å². The zero-order valence-electron chi connectivity index (χ0n) is 13.9. The fourth-order valence-electron chi connectivity index (χ4n) is 2.86. The number of benzene rings is 1. The number of aliphatic hydroxyl groups is 1. The van der Waals surface area contributed by atoms with Gasteiger partial charge in [-0.1, -0.05) is 50.6 Å². The first-order chi connectivity index (χ1) is 11.0. The lowest BCUT2D eigenvalue weighted by Gasteiger charge is -2.24. The first-order valence-corrected chi connectivity index (χ1v) is 8.28. The Morgan fingerprint density at radius 1 is 1.39 bits per heavy atom. The smallest absolute Gasteiger partial charge is 0.225 e. The van der Waals surface area contributed by atoms with E-state index >= 15 is 0 Å². The van der Waals surface area contributed by atoms with Gasteiger partial charge in [-0.3, -0.25) is 9.59 Å². The van der Waals surface area contributed by atoms with Gasteiger partial charge >= 0.3 is 0 Å². The van der Waals surface area contributed by atoms with Crippen LogP contribution in [-0.4, -0.2) is 41.0 Å². The Labute approximate surface area is 137 Å². The number of hydrogen-bond donors (Lipinski definition) is 2. The summed E-state index contributed by atoms with van der Waals surface area (Å²) in [7, 11) is 0. The van der Waals surface area contributed by atoms with Crippen LogP contribution in [0.4, 0.5) is 0 Å². The third-order valence-electron chi connectivity index (χ3n) is 4.66. The van der Waals surface area contributed by atoms with Gasteiger partial charge in [0.2, 0.25) is 11.8 Å². The SMILES string of the molecule is CCC(C)C(CO)NC(=O)C1CC(=O)N(Cc2ccccc2)C1. The largest absolute Gasteiger partial charge is 0.394 e. The second-order valence-electron chi connectivity index (χ2n) is 6.34. The predicted molar refractivity (Wildman–Crippen MR) is 88.4 cm³/mol. The van der Waals surface area contributed by atoms with E-state index in [9.17, 15) is 14.7 Å². The lowest BCUT2D eigenvalue weighted by Crippen LogP contribution is -2.45. The zero-order chi connectivity index (χ0) is 16.8. The van der Waals surface area contributed by atoms with Crippen molar-refractivity contribution in [1.82, 2.24) is 10.2 Å². The minimum Gasteiger partial charge on any atom is -0.394 e. The first kappa shape index (κ1) is 17.5. The van der Waals surface area contributed by atoms with Crippen LogP contribution in [0.1, 0.15) is 32.3 Å². The van der Waals surface area contributed by atoms with E-state index in [4.69, 9.17) is 0 Å². The van der Waals surface area contributed by atoms with E-state index in [1.54, 1.807) is 4.90 Å². The number of likely N-dealkylation sites (tertiary alicyclic amines) is 1. The first-order valence-electron chi connectivity index (χ1n) is 8.28. The number of amides is 2. The lowest BCUT2D eigenvalue weighted by atomic mass is 9.98. The molecule has 1 heterocycles. The summed E-state index contributed by atoms with van der Waals surface area (Å²) in [6.07, 6.45) is 1.13. The van der Waals surface area contributed by atoms with E-state index in [0.717, 1.165) is 12.0 Å². The fraction of sp³-hybridized carbons (Fsp3) is 0.556. The average Bonchev–Trinajstić information content (AvgIpc) is 2.93. The second-order valence-corrected chi connectivity index (χ2v) is 6.34. The molecule has 3 atom stereocenters. The van der Waals surface area contributed by atoms with Gasteiger partial charge in [-0.15, -0.1) is 0 Å². The van der Waals surface area contributed by atoms with E-state index in [1.807, 2.05) is 44.2 Å². The van der Waals surface area contributed by atoms with Crippen molar-refractivity contribution in [3.63, 3.8) is 0 Å². The summed E-state index contributed by atoms with van der Waals surface area (Å²) in [6.45, 7) is 4.94. The van der Waals surface area contributed by atoms with Gasteiger partial charge in [-0.05, 0) is 11.5 Å². The van der Waals surface area contributed by atoms with E-state index in [-0.39, 0.29) is 42.7 Å². The Hall–Kier alpha value is -1.88. The molecule has 0 saturated carbocycles. The molecule has 1 aromatic rings. The molecular formula is C18H26N2O3. The maximum atomic E-state index is 12.4. The maximum Gasteiger partial charge on any atom is 0.225 e. The van der Waals surface area contributed by atoms with Gasteiger partial charge in [0, 0.05) is 19.5 Å². The lowest BCUT2D eigenvalue weighted by molar-refractivity contribution is -0.129. The highest BCUT2D eigenvalue weighted by Gasteiger charge is 2.35. The quantitative estimate of drug-likeness (QED) is 0.801. The molecule has 2 amide bonds. The van der Waals surface area contributed by atoms with E-state index in [0.29, 0.717) is 13.1 Å². The molecule has 1 saturated heterocycles. The molecular weight excluding hydrogens is 292 g/mol. The normalized spacial score (nSPS) is 20.4. The standard InChI is InChI=1S/C18H26N2O3/c1-3-13(2)16(12-21)19-18(23)15-9-17(22)20(11-15)10-14-7-5-4-6-8-14/h4-8,13,15-16,21H,3,9-12H2,1-2H3,(H,19,23). The Morgan fingerprint density at radius 2 is 2.09 bits per heavy atom. The topological polar surface area (TPSA) is 69.6 Å². The molecule has 1 aliphatic heterocycles. The van der Waals surface area contributed by atoms with Crippen LogP contribution in [0.25, 0.3) is 0 Å². The van der Waals surface area contributed by atoms with E-state index in [2.05, 4.69) is 5.32 Å². The third-order valence-corrected chi connectivity index (χ3v) is 4.66. The van der Waals surface area contributed by atoms with Crippen molar-refractivity contribution in [2.75, 3.05) is 13.2 Å². The average molecular weight is 318 g/mol. The number of carbonyl (C=O) groups is 2. The molecule has 3 unspecified atom stereocenters. The van der Waals surface area contributed by atoms with E-state index in [1.165, 1.54) is 0 Å². The minimum absolute atomic E-state index is 0.0121. The van der Waals surface area contributed by atoms with Crippen LogP contribution in [0, 0.1) is 11.8 Å². The number of hydrogen-bond acceptors (Lipinski definition) is 3. The summed E-state index contributed by atoms with van der Waals surface area (Å²) in [5, 5.41) is 12.3. The Balaban J connectivity index is 1.92. The van der Waals surface area contributed by atoms with Crippen LogP contribution in [0.2, 0.25) is 0 Å². The molecule has 1 aliphatic rings. The van der Waals surface area contributed by atoms with Crippen LogP contribution in [0.15, 0.2) is 30.3 Å². The number of aliphatic hydroxyl groups excluding tert-OH is 1. The molecule has 5 nitrogen and oxygen atoms in total.